The summed E-state index contributed by atoms with van der Waals surface area (Å²) in [4.78, 5) is 0. The van der Waals surface area contributed by atoms with Crippen molar-refractivity contribution in [1.82, 2.24) is 0 Å². The van der Waals surface area contributed by atoms with Gasteiger partial charge >= 0.3 is 0 Å². The highest BCUT2D eigenvalue weighted by molar-refractivity contribution is 8.45. The third kappa shape index (κ3) is 25.4. The lowest BCUT2D eigenvalue weighted by Gasteiger charge is -2.06. The van der Waals surface area contributed by atoms with Crippen LogP contribution < -0.4 is 0 Å². The maximum absolute atomic E-state index is 9.03. The molecule has 0 aliphatic carbocycles. The van der Waals surface area contributed by atoms with Crippen LogP contribution in [0.1, 0.15) is 200 Å². The molecule has 0 spiro atoms. The highest BCUT2D eigenvalue weighted by Gasteiger charge is 2.30. The van der Waals surface area contributed by atoms with E-state index >= 15 is 0 Å². The highest BCUT2D eigenvalue weighted by atomic mass is 32.3. The SMILES string of the molecule is CCCCCCCCCCCCCCCCSC1=C(SCCCCCCCCCCCCCCCC)SC(=C2SC(SC)=C(SCCC#N)S2)S1. The van der Waals surface area contributed by atoms with Crippen LogP contribution >= 0.6 is 94.1 Å². The highest BCUT2D eigenvalue weighted by Crippen LogP contribution is 2.66. The van der Waals surface area contributed by atoms with E-state index in [2.05, 4.69) is 73.2 Å². The van der Waals surface area contributed by atoms with Crippen molar-refractivity contribution in [3.63, 3.8) is 0 Å². The van der Waals surface area contributed by atoms with Gasteiger partial charge in [-0.25, -0.2) is 0 Å². The molecule has 51 heavy (non-hydrogen) atoms. The average molecular weight is 849 g/mol. The summed E-state index contributed by atoms with van der Waals surface area (Å²) < 4.78 is 8.95. The molecule has 0 N–H and O–H groups in total. The number of thioether (sulfide) groups is 8. The summed E-state index contributed by atoms with van der Waals surface area (Å²) in [5, 5.41) is 9.03. The molecular formula is C42H73NS8. The first-order chi connectivity index (χ1) is 25.2. The standard InChI is InChI=1S/C42H73NS8/c1-4-6-8-10-12-14-16-18-20-22-24-26-28-30-34-45-39-40(46-35-31-29-27-25-23-21-19-17-15-13-11-9-7-5-2)51-42(50-39)41-48-37(44-3)38(49-41)47-36-32-33-43/h4-32,34-36H2,1-3H3. The van der Waals surface area contributed by atoms with Gasteiger partial charge in [0.1, 0.15) is 0 Å². The van der Waals surface area contributed by atoms with Crippen LogP contribution in [0.5, 0.6) is 0 Å². The van der Waals surface area contributed by atoms with Crippen LogP contribution in [0.4, 0.5) is 0 Å². The van der Waals surface area contributed by atoms with E-state index in [1.54, 1.807) is 8.47 Å². The Kier molecular flexibility index (Phi) is 34.2. The van der Waals surface area contributed by atoms with Crippen molar-refractivity contribution < 1.29 is 0 Å². The predicted molar refractivity (Wildman–Crippen MR) is 253 cm³/mol. The summed E-state index contributed by atoms with van der Waals surface area (Å²) in [6, 6.07) is 2.31. The van der Waals surface area contributed by atoms with Gasteiger partial charge in [0.25, 0.3) is 0 Å². The van der Waals surface area contributed by atoms with E-state index in [0.717, 1.165) is 5.75 Å². The lowest BCUT2D eigenvalue weighted by Crippen LogP contribution is -1.85. The Labute approximate surface area is 351 Å². The number of nitriles is 1. The van der Waals surface area contributed by atoms with Gasteiger partial charge in [0.05, 0.1) is 31.5 Å². The molecule has 2 rings (SSSR count). The molecule has 1 nitrogen and oxygen atoms in total. The molecule has 0 aromatic carbocycles. The van der Waals surface area contributed by atoms with E-state index in [1.165, 1.54) is 208 Å². The molecule has 0 atom stereocenters. The van der Waals surface area contributed by atoms with Gasteiger partial charge in [-0.1, -0.05) is 228 Å². The lowest BCUT2D eigenvalue weighted by molar-refractivity contribution is 0.538. The maximum Gasteiger partial charge on any atom is 0.0717 e. The minimum Gasteiger partial charge on any atom is -0.198 e. The van der Waals surface area contributed by atoms with Crippen molar-refractivity contribution in [2.75, 3.05) is 23.5 Å². The van der Waals surface area contributed by atoms with Crippen molar-refractivity contribution in [1.29, 1.82) is 5.26 Å². The Morgan fingerprint density at radius 1 is 0.392 bits per heavy atom. The normalized spacial score (nSPS) is 14.9. The summed E-state index contributed by atoms with van der Waals surface area (Å²) in [7, 11) is 0. The van der Waals surface area contributed by atoms with E-state index in [-0.39, 0.29) is 0 Å². The molecule has 0 aromatic heterocycles. The Hall–Kier alpha value is 1.51. The molecule has 2 aliphatic heterocycles. The Morgan fingerprint density at radius 3 is 0.980 bits per heavy atom. The first kappa shape index (κ1) is 48.7. The summed E-state index contributed by atoms with van der Waals surface area (Å²) in [5.41, 5.74) is 0. The van der Waals surface area contributed by atoms with Crippen LogP contribution in [0.3, 0.4) is 0 Å². The molecule has 2 heterocycles. The zero-order chi connectivity index (χ0) is 36.5. The van der Waals surface area contributed by atoms with Crippen LogP contribution in [0.25, 0.3) is 0 Å². The number of rotatable bonds is 36. The zero-order valence-electron chi connectivity index (χ0n) is 32.8. The van der Waals surface area contributed by atoms with Crippen LogP contribution in [-0.2, 0) is 0 Å². The lowest BCUT2D eigenvalue weighted by atomic mass is 10.0. The molecule has 0 saturated heterocycles. The Bertz CT molecular complexity index is 953. The van der Waals surface area contributed by atoms with E-state index in [9.17, 15) is 0 Å². The topological polar surface area (TPSA) is 23.8 Å². The van der Waals surface area contributed by atoms with Crippen molar-refractivity contribution in [3.05, 3.63) is 25.4 Å². The van der Waals surface area contributed by atoms with Crippen molar-refractivity contribution in [2.24, 2.45) is 0 Å². The Morgan fingerprint density at radius 2 is 0.667 bits per heavy atom. The van der Waals surface area contributed by atoms with E-state index in [0.29, 0.717) is 6.42 Å². The fourth-order valence-electron chi connectivity index (χ4n) is 6.21. The van der Waals surface area contributed by atoms with Gasteiger partial charge in [0.2, 0.25) is 0 Å². The van der Waals surface area contributed by atoms with Gasteiger partial charge in [0.15, 0.2) is 0 Å². The Balaban J connectivity index is 1.67. The molecule has 0 aromatic rings. The summed E-state index contributed by atoms with van der Waals surface area (Å²) in [5.74, 6) is 3.41. The largest absolute Gasteiger partial charge is 0.198 e. The second-order valence-electron chi connectivity index (χ2n) is 14.0. The van der Waals surface area contributed by atoms with Crippen LogP contribution in [0.15, 0.2) is 25.4 Å². The first-order valence-electron chi connectivity index (χ1n) is 21.0. The van der Waals surface area contributed by atoms with Gasteiger partial charge < -0.3 is 0 Å². The van der Waals surface area contributed by atoms with E-state index in [1.807, 2.05) is 47.0 Å². The molecule has 0 saturated carbocycles. The minimum absolute atomic E-state index is 0.623. The van der Waals surface area contributed by atoms with Gasteiger partial charge in [-0.15, -0.1) is 47.0 Å². The average Bonchev–Trinajstić information content (AvgIpc) is 3.75. The molecule has 0 unspecified atom stereocenters. The number of hydrogen-bond acceptors (Lipinski definition) is 9. The van der Waals surface area contributed by atoms with Gasteiger partial charge in [-0.3, -0.25) is 0 Å². The summed E-state index contributed by atoms with van der Waals surface area (Å²) >= 11 is 16.1. The smallest absolute Gasteiger partial charge is 0.0717 e. The second-order valence-corrected chi connectivity index (χ2v) is 23.7. The molecule has 9 heteroatoms. The molecular weight excluding hydrogens is 775 g/mol. The van der Waals surface area contributed by atoms with Crippen LogP contribution in [-0.4, -0.2) is 23.5 Å². The number of nitrogens with zero attached hydrogens (tertiary/aromatic N) is 1. The third-order valence-electron chi connectivity index (χ3n) is 9.34. The third-order valence-corrected chi connectivity index (χ3v) is 20.9. The monoisotopic (exact) mass is 847 g/mol. The molecule has 0 radical (unpaired) electrons. The molecule has 294 valence electrons. The molecule has 0 amide bonds. The molecule has 2 aliphatic rings. The maximum atomic E-state index is 9.03. The van der Waals surface area contributed by atoms with Crippen molar-refractivity contribution >= 4 is 94.1 Å². The van der Waals surface area contributed by atoms with E-state index in [4.69, 9.17) is 5.26 Å². The number of unbranched alkanes of at least 4 members (excludes halogenated alkanes) is 26. The number of hydrogen-bond donors (Lipinski definition) is 0. The van der Waals surface area contributed by atoms with Crippen molar-refractivity contribution in [3.8, 4) is 6.07 Å². The first-order valence-corrected chi connectivity index (χ1v) is 28.4. The quantitative estimate of drug-likeness (QED) is 0.0571. The van der Waals surface area contributed by atoms with E-state index < -0.39 is 0 Å². The second kappa shape index (κ2) is 35.9. The fraction of sp³-hybridized carbons (Fsp3) is 0.833. The fourth-order valence-corrected chi connectivity index (χ4v) is 17.8. The summed E-state index contributed by atoms with van der Waals surface area (Å²) in [6.45, 7) is 4.61. The molecule has 0 fully saturated rings. The van der Waals surface area contributed by atoms with Crippen LogP contribution in [0.2, 0.25) is 0 Å². The molecule has 0 bridgehead atoms. The predicted octanol–water partition coefficient (Wildman–Crippen LogP) is 18.8. The van der Waals surface area contributed by atoms with Crippen molar-refractivity contribution in [2.45, 2.75) is 200 Å². The minimum atomic E-state index is 0.623. The van der Waals surface area contributed by atoms with Gasteiger partial charge in [-0.2, -0.15) is 5.26 Å². The zero-order valence-corrected chi connectivity index (χ0v) is 39.4. The summed E-state index contributed by atoms with van der Waals surface area (Å²) in [6.07, 6.45) is 42.8. The van der Waals surface area contributed by atoms with Gasteiger partial charge in [0, 0.05) is 12.2 Å². The van der Waals surface area contributed by atoms with Gasteiger partial charge in [-0.05, 0) is 30.6 Å². The van der Waals surface area contributed by atoms with Crippen LogP contribution in [0, 0.1) is 11.3 Å².